The van der Waals surface area contributed by atoms with Crippen LogP contribution in [0.4, 0.5) is 5.69 Å². The van der Waals surface area contributed by atoms with E-state index in [9.17, 15) is 18.0 Å². The number of amides is 2. The van der Waals surface area contributed by atoms with E-state index in [4.69, 9.17) is 11.6 Å². The van der Waals surface area contributed by atoms with Gasteiger partial charge >= 0.3 is 0 Å². The first-order valence-electron chi connectivity index (χ1n) is 12.9. The lowest BCUT2D eigenvalue weighted by Gasteiger charge is -2.33. The van der Waals surface area contributed by atoms with Crippen molar-refractivity contribution in [1.29, 1.82) is 0 Å². The molecule has 3 aromatic rings. The average molecular weight is 570 g/mol. The van der Waals surface area contributed by atoms with E-state index < -0.39 is 28.5 Å². The molecule has 0 fully saturated rings. The molecule has 1 N–H and O–H groups in total. The number of nitrogens with zero attached hydrogens (tertiary/aromatic N) is 2. The molecule has 0 saturated heterocycles. The minimum Gasteiger partial charge on any atom is -0.352 e. The van der Waals surface area contributed by atoms with E-state index in [1.807, 2.05) is 71.0 Å². The van der Waals surface area contributed by atoms with Crippen LogP contribution in [0.5, 0.6) is 0 Å². The molecule has 0 aliphatic carbocycles. The van der Waals surface area contributed by atoms with Crippen molar-refractivity contribution in [3.8, 4) is 0 Å². The molecule has 0 saturated carbocycles. The topological polar surface area (TPSA) is 86.8 Å². The Labute approximate surface area is 236 Å². The van der Waals surface area contributed by atoms with Crippen LogP contribution in [0.3, 0.4) is 0 Å². The van der Waals surface area contributed by atoms with Gasteiger partial charge in [-0.05, 0) is 87.2 Å². The molecule has 39 heavy (non-hydrogen) atoms. The first-order chi connectivity index (χ1) is 18.4. The van der Waals surface area contributed by atoms with Crippen LogP contribution in [0.15, 0.2) is 77.7 Å². The lowest BCUT2D eigenvalue weighted by atomic mass is 10.1. The number of carbonyl (C=O) groups excluding carboxylic acids is 2. The molecule has 1 atom stereocenters. The first-order valence-corrected chi connectivity index (χ1v) is 14.7. The fourth-order valence-electron chi connectivity index (χ4n) is 4.22. The van der Waals surface area contributed by atoms with Crippen LogP contribution in [0.1, 0.15) is 43.9 Å². The summed E-state index contributed by atoms with van der Waals surface area (Å²) in [6, 6.07) is 19.6. The molecule has 2 amide bonds. The summed E-state index contributed by atoms with van der Waals surface area (Å²) in [4.78, 5) is 28.7. The summed E-state index contributed by atoms with van der Waals surface area (Å²) < 4.78 is 28.9. The van der Waals surface area contributed by atoms with Crippen molar-refractivity contribution in [3.63, 3.8) is 0 Å². The van der Waals surface area contributed by atoms with Gasteiger partial charge in [-0.2, -0.15) is 0 Å². The third-order valence-electron chi connectivity index (χ3n) is 6.47. The number of hydrogen-bond donors (Lipinski definition) is 1. The van der Waals surface area contributed by atoms with Gasteiger partial charge in [0.05, 0.1) is 10.6 Å². The standard InChI is InChI=1S/C30H36ClN3O4S/c1-6-28(30(36)32-21(2)3)33(19-24-10-8-7-9-11-24)29(35)20-34(26-15-12-22(4)23(5)18-26)39(37,38)27-16-13-25(31)14-17-27/h7-18,21,28H,6,19-20H2,1-5H3,(H,32,36). The summed E-state index contributed by atoms with van der Waals surface area (Å²) in [6.45, 7) is 9.04. The van der Waals surface area contributed by atoms with Gasteiger partial charge < -0.3 is 10.2 Å². The first kappa shape index (κ1) is 30.2. The predicted octanol–water partition coefficient (Wildman–Crippen LogP) is 5.48. The molecule has 9 heteroatoms. The van der Waals surface area contributed by atoms with Crippen LogP contribution < -0.4 is 9.62 Å². The highest BCUT2D eigenvalue weighted by atomic mass is 35.5. The SMILES string of the molecule is CCC(C(=O)NC(C)C)N(Cc1ccccc1)C(=O)CN(c1ccc(C)c(C)c1)S(=O)(=O)c1ccc(Cl)cc1. The summed E-state index contributed by atoms with van der Waals surface area (Å²) in [5.41, 5.74) is 3.08. The molecule has 0 radical (unpaired) electrons. The molecule has 0 aromatic heterocycles. The molecule has 0 aliphatic heterocycles. The fourth-order valence-corrected chi connectivity index (χ4v) is 5.76. The largest absolute Gasteiger partial charge is 0.352 e. The van der Waals surface area contributed by atoms with Crippen molar-refractivity contribution in [1.82, 2.24) is 10.2 Å². The molecule has 1 unspecified atom stereocenters. The van der Waals surface area contributed by atoms with E-state index in [0.29, 0.717) is 17.1 Å². The van der Waals surface area contributed by atoms with Crippen LogP contribution in [-0.2, 0) is 26.2 Å². The molecule has 0 bridgehead atoms. The minimum atomic E-state index is -4.15. The van der Waals surface area contributed by atoms with E-state index in [-0.39, 0.29) is 23.4 Å². The van der Waals surface area contributed by atoms with Gasteiger partial charge in [-0.15, -0.1) is 0 Å². The van der Waals surface area contributed by atoms with E-state index in [0.717, 1.165) is 21.0 Å². The smallest absolute Gasteiger partial charge is 0.264 e. The Hall–Kier alpha value is -3.36. The van der Waals surface area contributed by atoms with Gasteiger partial charge in [-0.1, -0.05) is 54.9 Å². The Balaban J connectivity index is 2.07. The number of carbonyl (C=O) groups is 2. The van der Waals surface area contributed by atoms with Crippen LogP contribution in [0.25, 0.3) is 0 Å². The number of anilines is 1. The molecule has 7 nitrogen and oxygen atoms in total. The van der Waals surface area contributed by atoms with E-state index >= 15 is 0 Å². The van der Waals surface area contributed by atoms with Gasteiger partial charge in [0.15, 0.2) is 0 Å². The zero-order chi connectivity index (χ0) is 28.7. The van der Waals surface area contributed by atoms with Crippen LogP contribution >= 0.6 is 11.6 Å². The fraction of sp³-hybridized carbons (Fsp3) is 0.333. The van der Waals surface area contributed by atoms with Crippen molar-refractivity contribution in [2.75, 3.05) is 10.8 Å². The summed E-state index contributed by atoms with van der Waals surface area (Å²) in [5, 5.41) is 3.30. The molecular weight excluding hydrogens is 534 g/mol. The van der Waals surface area contributed by atoms with Crippen molar-refractivity contribution < 1.29 is 18.0 Å². The maximum atomic E-state index is 14.0. The van der Waals surface area contributed by atoms with E-state index in [1.54, 1.807) is 12.1 Å². The minimum absolute atomic E-state index is 0.0112. The molecular formula is C30H36ClN3O4S. The Morgan fingerprint density at radius 2 is 1.56 bits per heavy atom. The quantitative estimate of drug-likeness (QED) is 0.331. The van der Waals surface area contributed by atoms with Gasteiger partial charge in [0, 0.05) is 17.6 Å². The maximum Gasteiger partial charge on any atom is 0.264 e. The van der Waals surface area contributed by atoms with Crippen LogP contribution in [-0.4, -0.2) is 43.8 Å². The number of rotatable bonds is 11. The normalized spacial score (nSPS) is 12.2. The Morgan fingerprint density at radius 1 is 0.923 bits per heavy atom. The second-order valence-corrected chi connectivity index (χ2v) is 12.1. The molecule has 0 aliphatic rings. The summed E-state index contributed by atoms with van der Waals surface area (Å²) in [6.07, 6.45) is 0.366. The Bertz CT molecular complexity index is 1390. The number of aryl methyl sites for hydroxylation is 2. The monoisotopic (exact) mass is 569 g/mol. The number of nitrogens with one attached hydrogen (secondary N) is 1. The van der Waals surface area contributed by atoms with Crippen LogP contribution in [0.2, 0.25) is 5.02 Å². The molecule has 3 aromatic carbocycles. The number of halogens is 1. The highest BCUT2D eigenvalue weighted by Crippen LogP contribution is 2.27. The number of sulfonamides is 1. The Morgan fingerprint density at radius 3 is 2.13 bits per heavy atom. The summed E-state index contributed by atoms with van der Waals surface area (Å²) >= 11 is 6.01. The second kappa shape index (κ2) is 13.1. The van der Waals surface area contributed by atoms with E-state index in [1.165, 1.54) is 29.2 Å². The second-order valence-electron chi connectivity index (χ2n) is 9.83. The molecule has 0 heterocycles. The lowest BCUT2D eigenvalue weighted by Crippen LogP contribution is -2.53. The zero-order valence-electron chi connectivity index (χ0n) is 23.0. The van der Waals surface area contributed by atoms with Gasteiger partial charge in [-0.3, -0.25) is 13.9 Å². The number of hydrogen-bond acceptors (Lipinski definition) is 4. The third-order valence-corrected chi connectivity index (χ3v) is 8.51. The van der Waals surface area contributed by atoms with Gasteiger partial charge in [0.25, 0.3) is 10.0 Å². The Kier molecular flexibility index (Phi) is 10.2. The van der Waals surface area contributed by atoms with Gasteiger partial charge in [0.2, 0.25) is 11.8 Å². The van der Waals surface area contributed by atoms with Gasteiger partial charge in [-0.25, -0.2) is 8.42 Å². The predicted molar refractivity (Wildman–Crippen MR) is 156 cm³/mol. The van der Waals surface area contributed by atoms with E-state index in [2.05, 4.69) is 5.32 Å². The zero-order valence-corrected chi connectivity index (χ0v) is 24.6. The summed E-state index contributed by atoms with van der Waals surface area (Å²) in [5.74, 6) is -0.768. The maximum absolute atomic E-state index is 14.0. The highest BCUT2D eigenvalue weighted by molar-refractivity contribution is 7.92. The molecule has 0 spiro atoms. The number of benzene rings is 3. The van der Waals surface area contributed by atoms with Crippen molar-refractivity contribution >= 4 is 39.1 Å². The van der Waals surface area contributed by atoms with Crippen molar-refractivity contribution in [2.24, 2.45) is 0 Å². The lowest BCUT2D eigenvalue weighted by molar-refractivity contribution is -0.140. The van der Waals surface area contributed by atoms with Crippen molar-refractivity contribution in [3.05, 3.63) is 94.5 Å². The summed E-state index contributed by atoms with van der Waals surface area (Å²) in [7, 11) is -4.15. The van der Waals surface area contributed by atoms with Crippen molar-refractivity contribution in [2.45, 2.75) is 64.6 Å². The third kappa shape index (κ3) is 7.61. The molecule has 208 valence electrons. The molecule has 3 rings (SSSR count). The average Bonchev–Trinajstić information content (AvgIpc) is 2.89. The van der Waals surface area contributed by atoms with Gasteiger partial charge in [0.1, 0.15) is 12.6 Å². The highest BCUT2D eigenvalue weighted by Gasteiger charge is 2.34. The van der Waals surface area contributed by atoms with Crippen LogP contribution in [0, 0.1) is 13.8 Å².